The van der Waals surface area contributed by atoms with Gasteiger partial charge in [0.15, 0.2) is 0 Å². The molecule has 3 nitrogen and oxygen atoms in total. The summed E-state index contributed by atoms with van der Waals surface area (Å²) in [6.45, 7) is 6.65. The van der Waals surface area contributed by atoms with Crippen molar-refractivity contribution < 1.29 is 9.53 Å². The van der Waals surface area contributed by atoms with Crippen molar-refractivity contribution in [2.75, 3.05) is 20.2 Å². The lowest BCUT2D eigenvalue weighted by molar-refractivity contribution is -0.147. The van der Waals surface area contributed by atoms with E-state index in [2.05, 4.69) is 18.7 Å². The molecule has 0 aromatic heterocycles. The maximum absolute atomic E-state index is 11.7. The molecule has 2 fully saturated rings. The van der Waals surface area contributed by atoms with E-state index in [0.717, 1.165) is 13.1 Å². The van der Waals surface area contributed by atoms with Crippen LogP contribution in [0.2, 0.25) is 0 Å². The van der Waals surface area contributed by atoms with Crippen LogP contribution in [0.25, 0.3) is 0 Å². The predicted octanol–water partition coefficient (Wildman–Crippen LogP) is 1.53. The molecule has 0 N–H and O–H groups in total. The van der Waals surface area contributed by atoms with Gasteiger partial charge in [0, 0.05) is 13.1 Å². The second-order valence-corrected chi connectivity index (χ2v) is 5.21. The number of likely N-dealkylation sites (tertiary alicyclic amines) is 1. The fourth-order valence-electron chi connectivity index (χ4n) is 2.57. The Balaban J connectivity index is 2.02. The van der Waals surface area contributed by atoms with E-state index in [4.69, 9.17) is 4.74 Å². The molecule has 0 bridgehead atoms. The average Bonchev–Trinajstić information content (AvgIpc) is 2.96. The first kappa shape index (κ1) is 10.9. The summed E-state index contributed by atoms with van der Waals surface area (Å²) in [5.41, 5.74) is 0. The van der Waals surface area contributed by atoms with Crippen LogP contribution in [0, 0.1) is 17.8 Å². The molecule has 3 heteroatoms. The molecule has 1 aliphatic carbocycles. The SMILES string of the molecule is COC(=O)C(C1CC1)N1CC(C)C(C)C1. The van der Waals surface area contributed by atoms with Gasteiger partial charge in [-0.2, -0.15) is 0 Å². The molecular formula is C12H21NO2. The van der Waals surface area contributed by atoms with Gasteiger partial charge in [0.25, 0.3) is 0 Å². The molecule has 0 spiro atoms. The first-order valence-corrected chi connectivity index (χ1v) is 5.95. The number of rotatable bonds is 3. The maximum atomic E-state index is 11.7. The lowest BCUT2D eigenvalue weighted by atomic mass is 10.0. The fourth-order valence-corrected chi connectivity index (χ4v) is 2.57. The van der Waals surface area contributed by atoms with Crippen molar-refractivity contribution in [1.29, 1.82) is 0 Å². The van der Waals surface area contributed by atoms with Crippen LogP contribution in [-0.4, -0.2) is 37.1 Å². The van der Waals surface area contributed by atoms with Crippen LogP contribution in [0.3, 0.4) is 0 Å². The van der Waals surface area contributed by atoms with Crippen molar-refractivity contribution in [1.82, 2.24) is 4.90 Å². The van der Waals surface area contributed by atoms with Gasteiger partial charge in [-0.3, -0.25) is 9.69 Å². The Labute approximate surface area is 91.8 Å². The zero-order chi connectivity index (χ0) is 11.0. The Morgan fingerprint density at radius 2 is 1.80 bits per heavy atom. The number of carbonyl (C=O) groups excluding carboxylic acids is 1. The summed E-state index contributed by atoms with van der Waals surface area (Å²) in [5.74, 6) is 1.94. The summed E-state index contributed by atoms with van der Waals surface area (Å²) in [5, 5.41) is 0. The molecule has 0 aromatic carbocycles. The highest BCUT2D eigenvalue weighted by molar-refractivity contribution is 5.76. The van der Waals surface area contributed by atoms with Crippen LogP contribution in [0.1, 0.15) is 26.7 Å². The second-order valence-electron chi connectivity index (χ2n) is 5.21. The summed E-state index contributed by atoms with van der Waals surface area (Å²) in [4.78, 5) is 14.1. The summed E-state index contributed by atoms with van der Waals surface area (Å²) in [7, 11) is 1.50. The molecular weight excluding hydrogens is 190 g/mol. The Morgan fingerprint density at radius 1 is 1.27 bits per heavy atom. The van der Waals surface area contributed by atoms with Crippen molar-refractivity contribution in [2.24, 2.45) is 17.8 Å². The van der Waals surface area contributed by atoms with Crippen molar-refractivity contribution in [2.45, 2.75) is 32.7 Å². The van der Waals surface area contributed by atoms with Crippen molar-refractivity contribution >= 4 is 5.97 Å². The normalized spacial score (nSPS) is 34.1. The minimum absolute atomic E-state index is 0.0289. The third-order valence-corrected chi connectivity index (χ3v) is 3.92. The van der Waals surface area contributed by atoms with Crippen LogP contribution in [-0.2, 0) is 9.53 Å². The molecule has 1 heterocycles. The molecule has 3 atom stereocenters. The topological polar surface area (TPSA) is 29.5 Å². The minimum atomic E-state index is -0.0289. The van der Waals surface area contributed by atoms with Crippen LogP contribution >= 0.6 is 0 Å². The van der Waals surface area contributed by atoms with Crippen molar-refractivity contribution in [3.8, 4) is 0 Å². The van der Waals surface area contributed by atoms with Gasteiger partial charge in [-0.05, 0) is 30.6 Å². The van der Waals surface area contributed by atoms with Gasteiger partial charge >= 0.3 is 5.97 Å². The molecule has 1 saturated heterocycles. The highest BCUT2D eigenvalue weighted by Gasteiger charge is 2.44. The molecule has 15 heavy (non-hydrogen) atoms. The number of hydrogen-bond acceptors (Lipinski definition) is 3. The Hall–Kier alpha value is -0.570. The first-order valence-electron chi connectivity index (χ1n) is 5.95. The van der Waals surface area contributed by atoms with Crippen LogP contribution in [0.5, 0.6) is 0 Å². The molecule has 2 rings (SSSR count). The Kier molecular flexibility index (Phi) is 3.01. The third-order valence-electron chi connectivity index (χ3n) is 3.92. The lowest BCUT2D eigenvalue weighted by Crippen LogP contribution is -2.42. The fraction of sp³-hybridized carbons (Fsp3) is 0.917. The average molecular weight is 211 g/mol. The molecule has 1 aliphatic heterocycles. The molecule has 2 aliphatic rings. The Morgan fingerprint density at radius 3 is 2.20 bits per heavy atom. The van der Waals surface area contributed by atoms with Crippen molar-refractivity contribution in [3.05, 3.63) is 0 Å². The first-order chi connectivity index (χ1) is 7.13. The number of esters is 1. The van der Waals surface area contributed by atoms with Crippen LogP contribution in [0.4, 0.5) is 0 Å². The van der Waals surface area contributed by atoms with Crippen LogP contribution in [0.15, 0.2) is 0 Å². The third kappa shape index (κ3) is 2.17. The van der Waals surface area contributed by atoms with Gasteiger partial charge in [-0.25, -0.2) is 0 Å². The smallest absolute Gasteiger partial charge is 0.323 e. The molecule has 86 valence electrons. The standard InChI is InChI=1S/C12H21NO2/c1-8-6-13(7-9(8)2)11(10-4-5-10)12(14)15-3/h8-11H,4-7H2,1-3H3. The second kappa shape index (κ2) is 4.12. The molecule has 1 saturated carbocycles. The predicted molar refractivity (Wildman–Crippen MR) is 58.4 cm³/mol. The van der Waals surface area contributed by atoms with E-state index in [1.165, 1.54) is 20.0 Å². The van der Waals surface area contributed by atoms with Gasteiger partial charge in [0.1, 0.15) is 6.04 Å². The zero-order valence-electron chi connectivity index (χ0n) is 9.90. The molecule has 0 aromatic rings. The van der Waals surface area contributed by atoms with Gasteiger partial charge in [-0.15, -0.1) is 0 Å². The molecule has 3 unspecified atom stereocenters. The number of nitrogens with zero attached hydrogens (tertiary/aromatic N) is 1. The van der Waals surface area contributed by atoms with E-state index in [-0.39, 0.29) is 12.0 Å². The number of hydrogen-bond donors (Lipinski definition) is 0. The van der Waals surface area contributed by atoms with Gasteiger partial charge in [0.05, 0.1) is 7.11 Å². The number of ether oxygens (including phenoxy) is 1. The largest absolute Gasteiger partial charge is 0.468 e. The highest BCUT2D eigenvalue weighted by atomic mass is 16.5. The number of carbonyl (C=O) groups is 1. The van der Waals surface area contributed by atoms with E-state index in [1.54, 1.807) is 0 Å². The Bertz CT molecular complexity index is 240. The monoisotopic (exact) mass is 211 g/mol. The van der Waals surface area contributed by atoms with Crippen LogP contribution < -0.4 is 0 Å². The minimum Gasteiger partial charge on any atom is -0.468 e. The number of methoxy groups -OCH3 is 1. The summed E-state index contributed by atoms with van der Waals surface area (Å²) in [6, 6.07) is 0.0439. The van der Waals surface area contributed by atoms with E-state index >= 15 is 0 Å². The van der Waals surface area contributed by atoms with E-state index in [1.807, 2.05) is 0 Å². The molecule has 0 amide bonds. The quantitative estimate of drug-likeness (QED) is 0.663. The van der Waals surface area contributed by atoms with Crippen molar-refractivity contribution in [3.63, 3.8) is 0 Å². The lowest BCUT2D eigenvalue weighted by Gasteiger charge is -2.25. The maximum Gasteiger partial charge on any atom is 0.323 e. The van der Waals surface area contributed by atoms with Gasteiger partial charge in [0.2, 0.25) is 0 Å². The molecule has 0 radical (unpaired) electrons. The summed E-state index contributed by atoms with van der Waals surface area (Å²) < 4.78 is 4.92. The van der Waals surface area contributed by atoms with Gasteiger partial charge < -0.3 is 4.74 Å². The van der Waals surface area contributed by atoms with E-state index in [9.17, 15) is 4.79 Å². The summed E-state index contributed by atoms with van der Waals surface area (Å²) in [6.07, 6.45) is 2.39. The van der Waals surface area contributed by atoms with E-state index in [0.29, 0.717) is 17.8 Å². The zero-order valence-corrected chi connectivity index (χ0v) is 9.90. The van der Waals surface area contributed by atoms with E-state index < -0.39 is 0 Å². The van der Waals surface area contributed by atoms with Gasteiger partial charge in [-0.1, -0.05) is 13.8 Å². The highest BCUT2D eigenvalue weighted by Crippen LogP contribution is 2.38. The summed E-state index contributed by atoms with van der Waals surface area (Å²) >= 11 is 0.